The lowest BCUT2D eigenvalue weighted by molar-refractivity contribution is 0.0695. The average Bonchev–Trinajstić information content (AvgIpc) is 3.66. The van der Waals surface area contributed by atoms with Crippen LogP contribution in [0.5, 0.6) is 5.75 Å². The summed E-state index contributed by atoms with van der Waals surface area (Å²) in [6.45, 7) is 3.39. The average molecular weight is 532 g/mol. The molecule has 1 aliphatic heterocycles. The van der Waals surface area contributed by atoms with Crippen LogP contribution in [0.1, 0.15) is 40.8 Å². The highest BCUT2D eigenvalue weighted by Gasteiger charge is 2.30. The third-order valence-corrected chi connectivity index (χ3v) is 7.81. The van der Waals surface area contributed by atoms with E-state index in [-0.39, 0.29) is 23.0 Å². The number of piperazine rings is 1. The molecule has 2 aliphatic rings. The van der Waals surface area contributed by atoms with Crippen LogP contribution in [0.4, 0.5) is 10.1 Å². The first-order valence-electron chi connectivity index (χ1n) is 13.1. The van der Waals surface area contributed by atoms with Gasteiger partial charge in [0.1, 0.15) is 17.1 Å². The molecule has 2 aromatic carbocycles. The predicted octanol–water partition coefficient (Wildman–Crippen LogP) is 3.94. The van der Waals surface area contributed by atoms with Crippen LogP contribution in [0.3, 0.4) is 0 Å². The summed E-state index contributed by atoms with van der Waals surface area (Å²) in [6, 6.07) is 11.3. The van der Waals surface area contributed by atoms with E-state index in [1.54, 1.807) is 19.4 Å². The molecule has 6 rings (SSSR count). The summed E-state index contributed by atoms with van der Waals surface area (Å²) >= 11 is 0. The van der Waals surface area contributed by atoms with Crippen LogP contribution in [0.15, 0.2) is 66.1 Å². The van der Waals surface area contributed by atoms with Crippen LogP contribution in [-0.2, 0) is 6.54 Å². The van der Waals surface area contributed by atoms with Crippen molar-refractivity contribution in [1.82, 2.24) is 19.0 Å². The number of carbonyl (C=O) groups is 1. The topological polar surface area (TPSA) is 92.8 Å². The number of fused-ring (bicyclic) bond motifs is 1. The van der Waals surface area contributed by atoms with E-state index in [4.69, 9.17) is 4.74 Å². The number of hydrogen-bond donors (Lipinski definition) is 1. The first-order chi connectivity index (χ1) is 18.9. The third-order valence-electron chi connectivity index (χ3n) is 7.81. The maximum absolute atomic E-state index is 15.4. The number of methoxy groups -OCH3 is 1. The third kappa shape index (κ3) is 4.87. The molecule has 202 valence electrons. The number of carboxylic acids is 1. The van der Waals surface area contributed by atoms with Crippen molar-refractivity contribution in [1.29, 1.82) is 0 Å². The number of aromatic carboxylic acids is 1. The Morgan fingerprint density at radius 2 is 1.90 bits per heavy atom. The molecule has 4 aromatic rings. The summed E-state index contributed by atoms with van der Waals surface area (Å²) in [6.07, 6.45) is 8.77. The number of carboxylic acid groups (broad SMARTS) is 1. The first-order valence-corrected chi connectivity index (χ1v) is 13.1. The second-order valence-corrected chi connectivity index (χ2v) is 10.2. The van der Waals surface area contributed by atoms with Gasteiger partial charge in [-0.15, -0.1) is 0 Å². The van der Waals surface area contributed by atoms with Gasteiger partial charge in [0.2, 0.25) is 5.43 Å². The van der Waals surface area contributed by atoms with E-state index in [1.807, 2.05) is 34.1 Å². The van der Waals surface area contributed by atoms with Crippen LogP contribution in [-0.4, -0.2) is 63.4 Å². The molecule has 1 aliphatic carbocycles. The quantitative estimate of drug-likeness (QED) is 0.368. The minimum atomic E-state index is -1.29. The Balaban J connectivity index is 1.28. The Hall–Kier alpha value is -4.18. The van der Waals surface area contributed by atoms with Gasteiger partial charge in [0.25, 0.3) is 0 Å². The number of ether oxygens (including phenoxy) is 1. The zero-order valence-electron chi connectivity index (χ0n) is 21.7. The largest absolute Gasteiger partial charge is 0.497 e. The van der Waals surface area contributed by atoms with Gasteiger partial charge in [-0.05, 0) is 42.7 Å². The van der Waals surface area contributed by atoms with E-state index in [2.05, 4.69) is 26.6 Å². The van der Waals surface area contributed by atoms with Crippen molar-refractivity contribution in [2.24, 2.45) is 0 Å². The Morgan fingerprint density at radius 1 is 1.15 bits per heavy atom. The van der Waals surface area contributed by atoms with E-state index < -0.39 is 17.2 Å². The fourth-order valence-corrected chi connectivity index (χ4v) is 5.53. The van der Waals surface area contributed by atoms with Crippen molar-refractivity contribution in [3.63, 3.8) is 0 Å². The van der Waals surface area contributed by atoms with Crippen molar-refractivity contribution in [3.8, 4) is 5.75 Å². The molecule has 0 bridgehead atoms. The molecule has 1 unspecified atom stereocenters. The summed E-state index contributed by atoms with van der Waals surface area (Å²) in [5.41, 5.74) is 1.22. The lowest BCUT2D eigenvalue weighted by atomic mass is 10.0. The molecule has 10 heteroatoms. The molecule has 2 aromatic heterocycles. The van der Waals surface area contributed by atoms with Crippen molar-refractivity contribution < 1.29 is 19.0 Å². The first kappa shape index (κ1) is 25.1. The highest BCUT2D eigenvalue weighted by molar-refractivity contribution is 5.93. The summed E-state index contributed by atoms with van der Waals surface area (Å²) in [7, 11) is 1.65. The van der Waals surface area contributed by atoms with Gasteiger partial charge >= 0.3 is 5.97 Å². The zero-order valence-corrected chi connectivity index (χ0v) is 21.7. The van der Waals surface area contributed by atoms with Crippen LogP contribution < -0.4 is 15.1 Å². The molecule has 1 atom stereocenters. The van der Waals surface area contributed by atoms with Crippen molar-refractivity contribution >= 4 is 22.6 Å². The number of benzene rings is 2. The summed E-state index contributed by atoms with van der Waals surface area (Å²) in [5, 5.41) is 9.62. The Labute approximate surface area is 224 Å². The Morgan fingerprint density at radius 3 is 2.51 bits per heavy atom. The molecule has 1 saturated heterocycles. The van der Waals surface area contributed by atoms with Crippen molar-refractivity contribution in [2.75, 3.05) is 38.2 Å². The van der Waals surface area contributed by atoms with Gasteiger partial charge in [0, 0.05) is 62.7 Å². The molecule has 0 spiro atoms. The SMILES string of the molecule is COc1ccc(C(Cn2ccnc2)N2CCN(c3cc4c(cc3F)c(=O)c(C(=O)O)cn4C3CC3)CC2)cc1. The molecule has 3 heterocycles. The summed E-state index contributed by atoms with van der Waals surface area (Å²) < 4.78 is 24.7. The second-order valence-electron chi connectivity index (χ2n) is 10.2. The molecule has 1 N–H and O–H groups in total. The molecule has 39 heavy (non-hydrogen) atoms. The van der Waals surface area contributed by atoms with Crippen LogP contribution >= 0.6 is 0 Å². The second kappa shape index (κ2) is 10.2. The van der Waals surface area contributed by atoms with Gasteiger partial charge in [-0.3, -0.25) is 9.69 Å². The smallest absolute Gasteiger partial charge is 0.341 e. The number of halogens is 1. The van der Waals surface area contributed by atoms with Crippen molar-refractivity contribution in [2.45, 2.75) is 31.5 Å². The normalized spacial score (nSPS) is 16.9. The monoisotopic (exact) mass is 531 g/mol. The highest BCUT2D eigenvalue weighted by atomic mass is 19.1. The summed E-state index contributed by atoms with van der Waals surface area (Å²) in [4.78, 5) is 33.1. The number of pyridine rings is 1. The number of rotatable bonds is 8. The molecule has 1 saturated carbocycles. The molecule has 2 fully saturated rings. The fraction of sp³-hybridized carbons (Fsp3) is 0.345. The zero-order chi connectivity index (χ0) is 27.1. The van der Waals surface area contributed by atoms with Gasteiger partial charge < -0.3 is 23.9 Å². The van der Waals surface area contributed by atoms with E-state index in [0.717, 1.165) is 43.8 Å². The number of imidazole rings is 1. The minimum absolute atomic E-state index is 0.100. The molecule has 0 amide bonds. The van der Waals surface area contributed by atoms with E-state index in [0.29, 0.717) is 24.3 Å². The van der Waals surface area contributed by atoms with E-state index in [9.17, 15) is 14.7 Å². The van der Waals surface area contributed by atoms with Gasteiger partial charge in [0.05, 0.1) is 30.7 Å². The predicted molar refractivity (Wildman–Crippen MR) is 145 cm³/mol. The lowest BCUT2D eigenvalue weighted by Crippen LogP contribution is -2.48. The molecular weight excluding hydrogens is 501 g/mol. The van der Waals surface area contributed by atoms with Crippen LogP contribution in [0.25, 0.3) is 10.9 Å². The summed E-state index contributed by atoms with van der Waals surface area (Å²) in [5.74, 6) is -1.00. The lowest BCUT2D eigenvalue weighted by Gasteiger charge is -2.40. The molecular formula is C29H30FN5O4. The Kier molecular flexibility index (Phi) is 6.56. The van der Waals surface area contributed by atoms with Crippen LogP contribution in [0, 0.1) is 5.82 Å². The maximum atomic E-state index is 15.4. The van der Waals surface area contributed by atoms with Gasteiger partial charge in [-0.25, -0.2) is 14.2 Å². The number of nitrogens with zero attached hydrogens (tertiary/aromatic N) is 5. The van der Waals surface area contributed by atoms with Gasteiger partial charge in [0.15, 0.2) is 0 Å². The van der Waals surface area contributed by atoms with E-state index in [1.165, 1.54) is 12.3 Å². The van der Waals surface area contributed by atoms with Gasteiger partial charge in [-0.2, -0.15) is 0 Å². The number of anilines is 1. The molecule has 9 nitrogen and oxygen atoms in total. The van der Waals surface area contributed by atoms with Gasteiger partial charge in [-0.1, -0.05) is 12.1 Å². The Bertz CT molecular complexity index is 1560. The standard InChI is InChI=1S/C29H30FN5O4/c1-39-21-6-2-19(3-7-21)27(17-32-9-8-31-18-32)34-12-10-33(11-13-34)26-15-25-22(14-24(26)30)28(36)23(29(37)38)16-35(25)20-4-5-20/h2-3,6-9,14-16,18,20,27H,4-5,10-13,17H2,1H3,(H,37,38). The highest BCUT2D eigenvalue weighted by Crippen LogP contribution is 2.38. The molecule has 0 radical (unpaired) electrons. The number of aromatic nitrogens is 3. The fourth-order valence-electron chi connectivity index (χ4n) is 5.53. The van der Waals surface area contributed by atoms with Crippen LogP contribution in [0.2, 0.25) is 0 Å². The van der Waals surface area contributed by atoms with E-state index >= 15 is 4.39 Å². The van der Waals surface area contributed by atoms with Crippen molar-refractivity contribution in [3.05, 3.63) is 88.5 Å². The maximum Gasteiger partial charge on any atom is 0.341 e. The minimum Gasteiger partial charge on any atom is -0.497 e. The number of hydrogen-bond acceptors (Lipinski definition) is 6.